The Balaban J connectivity index is 3.06. The number of halogens is 1. The summed E-state index contributed by atoms with van der Waals surface area (Å²) < 4.78 is 0. The van der Waals surface area contributed by atoms with Gasteiger partial charge in [-0.05, 0) is 6.07 Å². The van der Waals surface area contributed by atoms with Crippen LogP contribution in [0.2, 0.25) is 5.02 Å². The van der Waals surface area contributed by atoms with Gasteiger partial charge in [0.15, 0.2) is 0 Å². The maximum absolute atomic E-state index is 10.5. The van der Waals surface area contributed by atoms with Crippen molar-refractivity contribution in [1.82, 2.24) is 0 Å². The van der Waals surface area contributed by atoms with Crippen molar-refractivity contribution in [3.63, 3.8) is 0 Å². The van der Waals surface area contributed by atoms with E-state index in [1.807, 2.05) is 0 Å². The zero-order chi connectivity index (χ0) is 12.3. The molecule has 6 nitrogen and oxygen atoms in total. The second-order valence-corrected chi connectivity index (χ2v) is 3.48. The number of hydrogen-bond acceptors (Lipinski definition) is 4. The van der Waals surface area contributed by atoms with E-state index in [0.29, 0.717) is 0 Å². The molecule has 0 saturated carbocycles. The molecule has 0 aliphatic carbocycles. The Labute approximate surface area is 95.2 Å². The van der Waals surface area contributed by atoms with Crippen molar-refractivity contribution in [1.29, 1.82) is 0 Å². The number of aliphatic carboxylic acids is 1. The maximum atomic E-state index is 10.5. The number of hydrogen-bond donors (Lipinski definition) is 2. The average molecular weight is 246 g/mol. The van der Waals surface area contributed by atoms with Crippen molar-refractivity contribution < 1.29 is 19.9 Å². The SMILES string of the molecule is O=C(O)C[C@H](O)c1cc([N+](=O)[O-])ccc1Cl. The summed E-state index contributed by atoms with van der Waals surface area (Å²) >= 11 is 5.70. The fraction of sp³-hybridized carbons (Fsp3) is 0.222. The Morgan fingerprint density at radius 3 is 2.69 bits per heavy atom. The highest BCUT2D eigenvalue weighted by atomic mass is 35.5. The molecule has 1 aromatic carbocycles. The third-order valence-corrected chi connectivity index (χ3v) is 2.26. The van der Waals surface area contributed by atoms with Crippen LogP contribution in [0.1, 0.15) is 18.1 Å². The molecule has 16 heavy (non-hydrogen) atoms. The predicted molar refractivity (Wildman–Crippen MR) is 55.3 cm³/mol. The average Bonchev–Trinajstić information content (AvgIpc) is 2.16. The van der Waals surface area contributed by atoms with Gasteiger partial charge in [-0.2, -0.15) is 0 Å². The molecule has 2 N–H and O–H groups in total. The quantitative estimate of drug-likeness (QED) is 0.622. The van der Waals surface area contributed by atoms with E-state index < -0.39 is 23.4 Å². The van der Waals surface area contributed by atoms with Gasteiger partial charge < -0.3 is 10.2 Å². The number of aliphatic hydroxyl groups is 1. The number of carbonyl (C=O) groups is 1. The molecule has 0 aromatic heterocycles. The fourth-order valence-corrected chi connectivity index (χ4v) is 1.42. The molecule has 0 amide bonds. The van der Waals surface area contributed by atoms with E-state index >= 15 is 0 Å². The maximum Gasteiger partial charge on any atom is 0.306 e. The third kappa shape index (κ3) is 2.91. The summed E-state index contributed by atoms with van der Waals surface area (Å²) in [6.45, 7) is 0. The van der Waals surface area contributed by atoms with Crippen molar-refractivity contribution in [3.05, 3.63) is 38.9 Å². The molecule has 0 unspecified atom stereocenters. The lowest BCUT2D eigenvalue weighted by Crippen LogP contribution is -2.06. The highest BCUT2D eigenvalue weighted by Crippen LogP contribution is 2.28. The van der Waals surface area contributed by atoms with Crippen LogP contribution in [0.15, 0.2) is 18.2 Å². The van der Waals surface area contributed by atoms with Crippen LogP contribution in [0.25, 0.3) is 0 Å². The number of benzene rings is 1. The molecular formula is C9H8ClNO5. The van der Waals surface area contributed by atoms with Crippen LogP contribution in [0.4, 0.5) is 5.69 Å². The number of rotatable bonds is 4. The first-order chi connectivity index (χ1) is 7.41. The van der Waals surface area contributed by atoms with Crippen molar-refractivity contribution in [2.45, 2.75) is 12.5 Å². The molecular weight excluding hydrogens is 238 g/mol. The van der Waals surface area contributed by atoms with E-state index in [2.05, 4.69) is 0 Å². The van der Waals surface area contributed by atoms with Crippen LogP contribution in [0.3, 0.4) is 0 Å². The molecule has 0 saturated heterocycles. The van der Waals surface area contributed by atoms with Gasteiger partial charge in [-0.15, -0.1) is 0 Å². The van der Waals surface area contributed by atoms with E-state index in [9.17, 15) is 20.0 Å². The van der Waals surface area contributed by atoms with E-state index in [1.54, 1.807) is 0 Å². The largest absolute Gasteiger partial charge is 0.481 e. The lowest BCUT2D eigenvalue weighted by molar-refractivity contribution is -0.385. The first-order valence-corrected chi connectivity index (χ1v) is 4.63. The Bertz CT molecular complexity index is 434. The number of nitro benzene ring substituents is 1. The van der Waals surface area contributed by atoms with Crippen LogP contribution in [0, 0.1) is 10.1 Å². The number of aliphatic hydroxyl groups excluding tert-OH is 1. The van der Waals surface area contributed by atoms with Crippen molar-refractivity contribution >= 4 is 23.3 Å². The standard InChI is InChI=1S/C9H8ClNO5/c10-7-2-1-5(11(15)16)3-6(7)8(12)4-9(13)14/h1-3,8,12H,4H2,(H,13,14)/t8-/m0/s1. The van der Waals surface area contributed by atoms with Gasteiger partial charge in [0.2, 0.25) is 0 Å². The van der Waals surface area contributed by atoms with Crippen LogP contribution in [-0.2, 0) is 4.79 Å². The third-order valence-electron chi connectivity index (χ3n) is 1.92. The van der Waals surface area contributed by atoms with Crippen LogP contribution in [-0.4, -0.2) is 21.1 Å². The number of non-ortho nitro benzene ring substituents is 1. The Morgan fingerprint density at radius 2 is 2.19 bits per heavy atom. The first-order valence-electron chi connectivity index (χ1n) is 4.25. The molecule has 86 valence electrons. The molecule has 0 radical (unpaired) electrons. The van der Waals surface area contributed by atoms with E-state index in [-0.39, 0.29) is 16.3 Å². The van der Waals surface area contributed by atoms with E-state index in [1.165, 1.54) is 12.1 Å². The summed E-state index contributed by atoms with van der Waals surface area (Å²) in [5.74, 6) is -1.21. The number of carboxylic acids is 1. The predicted octanol–water partition coefficient (Wildman–Crippen LogP) is 1.76. The molecule has 1 rings (SSSR count). The van der Waals surface area contributed by atoms with Gasteiger partial charge in [-0.1, -0.05) is 11.6 Å². The fourth-order valence-electron chi connectivity index (χ4n) is 1.18. The zero-order valence-corrected chi connectivity index (χ0v) is 8.72. The highest BCUT2D eigenvalue weighted by Gasteiger charge is 2.18. The minimum Gasteiger partial charge on any atom is -0.481 e. The zero-order valence-electron chi connectivity index (χ0n) is 7.96. The summed E-state index contributed by atoms with van der Waals surface area (Å²) in [5.41, 5.74) is -0.206. The summed E-state index contributed by atoms with van der Waals surface area (Å²) in [6, 6.07) is 3.50. The molecule has 0 spiro atoms. The Morgan fingerprint density at radius 1 is 1.56 bits per heavy atom. The van der Waals surface area contributed by atoms with Gasteiger partial charge in [-0.25, -0.2) is 0 Å². The smallest absolute Gasteiger partial charge is 0.306 e. The second kappa shape index (κ2) is 4.91. The van der Waals surface area contributed by atoms with Crippen molar-refractivity contribution in [2.24, 2.45) is 0 Å². The number of nitrogens with zero attached hydrogens (tertiary/aromatic N) is 1. The second-order valence-electron chi connectivity index (χ2n) is 3.08. The van der Waals surface area contributed by atoms with Gasteiger partial charge in [0.25, 0.3) is 5.69 Å². The normalized spacial score (nSPS) is 12.1. The topological polar surface area (TPSA) is 101 Å². The summed E-state index contributed by atoms with van der Waals surface area (Å²) in [4.78, 5) is 20.2. The number of nitro groups is 1. The van der Waals surface area contributed by atoms with Gasteiger partial charge in [0.05, 0.1) is 17.4 Å². The monoisotopic (exact) mass is 245 g/mol. The summed E-state index contributed by atoms with van der Waals surface area (Å²) in [6.07, 6.45) is -1.91. The van der Waals surface area contributed by atoms with Crippen LogP contribution in [0.5, 0.6) is 0 Å². The molecule has 1 aromatic rings. The minimum atomic E-state index is -1.36. The van der Waals surface area contributed by atoms with Crippen LogP contribution >= 0.6 is 11.6 Å². The lowest BCUT2D eigenvalue weighted by atomic mass is 10.1. The summed E-state index contributed by atoms with van der Waals surface area (Å²) in [5, 5.41) is 28.5. The van der Waals surface area contributed by atoms with Gasteiger partial charge >= 0.3 is 5.97 Å². The molecule has 7 heteroatoms. The molecule has 0 heterocycles. The molecule has 0 aliphatic heterocycles. The molecule has 0 fully saturated rings. The van der Waals surface area contributed by atoms with Gasteiger partial charge in [-0.3, -0.25) is 14.9 Å². The molecule has 0 aliphatic rings. The van der Waals surface area contributed by atoms with Crippen molar-refractivity contribution in [3.8, 4) is 0 Å². The van der Waals surface area contributed by atoms with E-state index in [4.69, 9.17) is 16.7 Å². The van der Waals surface area contributed by atoms with E-state index in [0.717, 1.165) is 6.07 Å². The highest BCUT2D eigenvalue weighted by molar-refractivity contribution is 6.31. The van der Waals surface area contributed by atoms with Crippen LogP contribution < -0.4 is 0 Å². The Kier molecular flexibility index (Phi) is 3.81. The van der Waals surface area contributed by atoms with Gasteiger partial charge in [0, 0.05) is 22.7 Å². The van der Waals surface area contributed by atoms with Crippen molar-refractivity contribution in [2.75, 3.05) is 0 Å². The Hall–Kier alpha value is -1.66. The number of carboxylic acid groups (broad SMARTS) is 1. The first kappa shape index (κ1) is 12.4. The molecule has 0 bridgehead atoms. The summed E-state index contributed by atoms with van der Waals surface area (Å²) in [7, 11) is 0. The molecule has 1 atom stereocenters. The van der Waals surface area contributed by atoms with Gasteiger partial charge in [0.1, 0.15) is 0 Å². The lowest BCUT2D eigenvalue weighted by Gasteiger charge is -2.09. The minimum absolute atomic E-state index is 0.0401.